The monoisotopic (exact) mass is 386 g/mol. The molecule has 0 saturated heterocycles. The van der Waals surface area contributed by atoms with Crippen molar-refractivity contribution in [3.63, 3.8) is 0 Å². The number of likely N-dealkylation sites (N-methyl/N-ethyl adjacent to an activating group) is 1. The molecular formula is C16H16Cl2N2O3S. The predicted molar refractivity (Wildman–Crippen MR) is 98.5 cm³/mol. The Morgan fingerprint density at radius 1 is 1.00 bits per heavy atom. The molecule has 1 amide bonds. The summed E-state index contributed by atoms with van der Waals surface area (Å²) >= 11 is 12.2. The Morgan fingerprint density at radius 3 is 2.04 bits per heavy atom. The number of sulfonamides is 1. The standard InChI is InChI=1S/C16H16Cl2N2O3S/c1-19(12-7-4-3-5-8-12)15(21)11-20(24(2,22)23)16-13(17)9-6-10-14(16)18/h3-10H,11H2,1-2H3. The first-order valence-corrected chi connectivity index (χ1v) is 9.55. The van der Waals surface area contributed by atoms with E-state index in [4.69, 9.17) is 23.2 Å². The van der Waals surface area contributed by atoms with Crippen LogP contribution in [0.3, 0.4) is 0 Å². The maximum Gasteiger partial charge on any atom is 0.247 e. The third kappa shape index (κ3) is 4.20. The van der Waals surface area contributed by atoms with Gasteiger partial charge in [0, 0.05) is 12.7 Å². The molecule has 2 aromatic carbocycles. The average Bonchev–Trinajstić information content (AvgIpc) is 2.52. The van der Waals surface area contributed by atoms with Crippen molar-refractivity contribution in [1.29, 1.82) is 0 Å². The zero-order chi connectivity index (χ0) is 17.9. The lowest BCUT2D eigenvalue weighted by atomic mass is 10.3. The first-order chi connectivity index (χ1) is 11.2. The van der Waals surface area contributed by atoms with E-state index < -0.39 is 22.5 Å². The molecule has 0 heterocycles. The Balaban J connectivity index is 2.36. The van der Waals surface area contributed by atoms with Gasteiger partial charge in [-0.3, -0.25) is 9.10 Å². The number of amides is 1. The van der Waals surface area contributed by atoms with E-state index in [-0.39, 0.29) is 15.7 Å². The Bertz CT molecular complexity index is 821. The zero-order valence-corrected chi connectivity index (χ0v) is 15.4. The SMILES string of the molecule is CN(C(=O)CN(c1c(Cl)cccc1Cl)S(C)(=O)=O)c1ccccc1. The van der Waals surface area contributed by atoms with E-state index in [2.05, 4.69) is 0 Å². The summed E-state index contributed by atoms with van der Waals surface area (Å²) in [6.45, 7) is -0.409. The second-order valence-corrected chi connectivity index (χ2v) is 7.85. The van der Waals surface area contributed by atoms with Crippen LogP contribution in [0.2, 0.25) is 10.0 Å². The van der Waals surface area contributed by atoms with Gasteiger partial charge in [0.2, 0.25) is 15.9 Å². The van der Waals surface area contributed by atoms with Crippen LogP contribution in [0.15, 0.2) is 48.5 Å². The summed E-state index contributed by atoms with van der Waals surface area (Å²) in [5, 5.41) is 0.311. The van der Waals surface area contributed by atoms with Gasteiger partial charge in [-0.1, -0.05) is 47.5 Å². The fraction of sp³-hybridized carbons (Fsp3) is 0.188. The van der Waals surface area contributed by atoms with E-state index in [0.717, 1.165) is 10.6 Å². The fourth-order valence-corrected chi connectivity index (χ4v) is 3.69. The highest BCUT2D eigenvalue weighted by atomic mass is 35.5. The molecule has 0 aromatic heterocycles. The highest BCUT2D eigenvalue weighted by Crippen LogP contribution is 2.35. The number of rotatable bonds is 5. The summed E-state index contributed by atoms with van der Waals surface area (Å²) in [6, 6.07) is 13.6. The summed E-state index contributed by atoms with van der Waals surface area (Å²) in [6.07, 6.45) is 1.00. The van der Waals surface area contributed by atoms with Crippen LogP contribution < -0.4 is 9.21 Å². The number of para-hydroxylation sites is 2. The number of nitrogens with zero attached hydrogens (tertiary/aromatic N) is 2. The summed E-state index contributed by atoms with van der Waals surface area (Å²) in [5.74, 6) is -0.414. The van der Waals surface area contributed by atoms with Gasteiger partial charge in [0.1, 0.15) is 6.54 Å². The van der Waals surface area contributed by atoms with Gasteiger partial charge in [0.25, 0.3) is 0 Å². The molecular weight excluding hydrogens is 371 g/mol. The highest BCUT2D eigenvalue weighted by molar-refractivity contribution is 7.92. The predicted octanol–water partition coefficient (Wildman–Crippen LogP) is 3.42. The van der Waals surface area contributed by atoms with E-state index in [1.807, 2.05) is 6.07 Å². The van der Waals surface area contributed by atoms with Gasteiger partial charge < -0.3 is 4.90 Å². The average molecular weight is 387 g/mol. The first kappa shape index (κ1) is 18.6. The molecule has 24 heavy (non-hydrogen) atoms. The van der Waals surface area contributed by atoms with Crippen molar-refractivity contribution in [2.45, 2.75) is 0 Å². The Morgan fingerprint density at radius 2 is 1.54 bits per heavy atom. The minimum Gasteiger partial charge on any atom is -0.314 e. The van der Waals surface area contributed by atoms with Crippen molar-refractivity contribution in [2.24, 2.45) is 0 Å². The lowest BCUT2D eigenvalue weighted by Crippen LogP contribution is -2.41. The second-order valence-electron chi connectivity index (χ2n) is 5.13. The van der Waals surface area contributed by atoms with Crippen LogP contribution in [0, 0.1) is 0 Å². The minimum atomic E-state index is -3.76. The molecule has 0 aliphatic carbocycles. The van der Waals surface area contributed by atoms with E-state index >= 15 is 0 Å². The van der Waals surface area contributed by atoms with E-state index in [0.29, 0.717) is 5.69 Å². The molecule has 0 bridgehead atoms. The lowest BCUT2D eigenvalue weighted by molar-refractivity contribution is -0.116. The van der Waals surface area contributed by atoms with Gasteiger partial charge in [-0.25, -0.2) is 8.42 Å². The fourth-order valence-electron chi connectivity index (χ4n) is 2.11. The molecule has 0 saturated carbocycles. The molecule has 0 fully saturated rings. The van der Waals surface area contributed by atoms with Gasteiger partial charge in [-0.05, 0) is 24.3 Å². The first-order valence-electron chi connectivity index (χ1n) is 6.95. The van der Waals surface area contributed by atoms with Crippen molar-refractivity contribution < 1.29 is 13.2 Å². The number of hydrogen-bond donors (Lipinski definition) is 0. The molecule has 2 rings (SSSR count). The summed E-state index contributed by atoms with van der Waals surface area (Å²) < 4.78 is 25.3. The molecule has 128 valence electrons. The molecule has 0 unspecified atom stereocenters. The van der Waals surface area contributed by atoms with Gasteiger partial charge in [-0.2, -0.15) is 0 Å². The van der Waals surface area contributed by atoms with Gasteiger partial charge in [0.05, 0.1) is 22.0 Å². The summed E-state index contributed by atoms with van der Waals surface area (Å²) in [4.78, 5) is 13.9. The van der Waals surface area contributed by atoms with Crippen LogP contribution in [0.4, 0.5) is 11.4 Å². The van der Waals surface area contributed by atoms with Crippen molar-refractivity contribution >= 4 is 50.5 Å². The third-order valence-corrected chi connectivity index (χ3v) is 5.11. The number of anilines is 2. The molecule has 2 aromatic rings. The zero-order valence-electron chi connectivity index (χ0n) is 13.1. The van der Waals surface area contributed by atoms with Crippen LogP contribution in [-0.2, 0) is 14.8 Å². The Labute approximate surface area is 151 Å². The molecule has 0 aliphatic heterocycles. The van der Waals surface area contributed by atoms with Crippen LogP contribution in [0.25, 0.3) is 0 Å². The summed E-state index contributed by atoms with van der Waals surface area (Å²) in [5.41, 5.74) is 0.749. The smallest absolute Gasteiger partial charge is 0.247 e. The topological polar surface area (TPSA) is 57.7 Å². The number of halogens is 2. The quantitative estimate of drug-likeness (QED) is 0.790. The summed E-state index contributed by atoms with van der Waals surface area (Å²) in [7, 11) is -2.18. The Kier molecular flexibility index (Phi) is 5.74. The highest BCUT2D eigenvalue weighted by Gasteiger charge is 2.26. The lowest BCUT2D eigenvalue weighted by Gasteiger charge is -2.26. The van der Waals surface area contributed by atoms with Crippen molar-refractivity contribution in [2.75, 3.05) is 29.1 Å². The maximum atomic E-state index is 12.5. The molecule has 0 radical (unpaired) electrons. The third-order valence-electron chi connectivity index (χ3n) is 3.38. The van der Waals surface area contributed by atoms with Crippen LogP contribution in [0.1, 0.15) is 0 Å². The largest absolute Gasteiger partial charge is 0.314 e. The molecule has 0 atom stereocenters. The molecule has 0 N–H and O–H groups in total. The van der Waals surface area contributed by atoms with Gasteiger partial charge >= 0.3 is 0 Å². The minimum absolute atomic E-state index is 0.0955. The number of carbonyl (C=O) groups excluding carboxylic acids is 1. The van der Waals surface area contributed by atoms with Crippen molar-refractivity contribution in [3.05, 3.63) is 58.6 Å². The molecule has 0 aliphatic rings. The Hall–Kier alpha value is -1.76. The van der Waals surface area contributed by atoms with E-state index in [1.54, 1.807) is 37.4 Å². The molecule has 0 spiro atoms. The number of hydrogen-bond acceptors (Lipinski definition) is 3. The van der Waals surface area contributed by atoms with E-state index in [1.165, 1.54) is 17.0 Å². The molecule has 8 heteroatoms. The maximum absolute atomic E-state index is 12.5. The number of benzene rings is 2. The molecule has 5 nitrogen and oxygen atoms in total. The van der Waals surface area contributed by atoms with Crippen LogP contribution in [0.5, 0.6) is 0 Å². The second kappa shape index (κ2) is 7.42. The van der Waals surface area contributed by atoms with E-state index in [9.17, 15) is 13.2 Å². The van der Waals surface area contributed by atoms with Crippen LogP contribution in [-0.4, -0.2) is 34.2 Å². The van der Waals surface area contributed by atoms with Gasteiger partial charge in [-0.15, -0.1) is 0 Å². The van der Waals surface area contributed by atoms with Crippen molar-refractivity contribution in [1.82, 2.24) is 0 Å². The normalized spacial score (nSPS) is 11.2. The number of carbonyl (C=O) groups is 1. The van der Waals surface area contributed by atoms with Gasteiger partial charge in [0.15, 0.2) is 0 Å². The van der Waals surface area contributed by atoms with Crippen LogP contribution >= 0.6 is 23.2 Å². The van der Waals surface area contributed by atoms with Crippen molar-refractivity contribution in [3.8, 4) is 0 Å².